The molecule has 0 spiro atoms. The maximum Gasteiger partial charge on any atom is 0.120 e. The summed E-state index contributed by atoms with van der Waals surface area (Å²) in [5.41, 5.74) is 1.63. The van der Waals surface area contributed by atoms with Crippen molar-refractivity contribution in [2.75, 3.05) is 7.11 Å². The Morgan fingerprint density at radius 1 is 1.19 bits per heavy atom. The van der Waals surface area contributed by atoms with Gasteiger partial charge in [0.25, 0.3) is 0 Å². The molecule has 16 heavy (non-hydrogen) atoms. The first-order valence-corrected chi connectivity index (χ1v) is 5.14. The predicted molar refractivity (Wildman–Crippen MR) is 67.3 cm³/mol. The first-order chi connectivity index (χ1) is 7.46. The predicted octanol–water partition coefficient (Wildman–Crippen LogP) is 3.07. The second kappa shape index (κ2) is 4.77. The summed E-state index contributed by atoms with van der Waals surface area (Å²) in [7, 11) is 1.62. The van der Waals surface area contributed by atoms with E-state index in [0.717, 1.165) is 16.9 Å². The molecule has 0 unspecified atom stereocenters. The van der Waals surface area contributed by atoms with Crippen LogP contribution in [0.25, 0.3) is 0 Å². The lowest BCUT2D eigenvalue weighted by atomic mass is 9.97. The Bertz CT molecular complexity index is 473. The Balaban J connectivity index is 3.15. The van der Waals surface area contributed by atoms with Gasteiger partial charge in [-0.1, -0.05) is 17.8 Å². The van der Waals surface area contributed by atoms with Crippen molar-refractivity contribution in [3.05, 3.63) is 29.3 Å². The van der Waals surface area contributed by atoms with Gasteiger partial charge >= 0.3 is 0 Å². The van der Waals surface area contributed by atoms with E-state index in [1.165, 1.54) is 0 Å². The van der Waals surface area contributed by atoms with Crippen LogP contribution in [0, 0.1) is 29.6 Å². The molecule has 1 heteroatoms. The summed E-state index contributed by atoms with van der Waals surface area (Å²) in [4.78, 5) is 0. The van der Waals surface area contributed by atoms with E-state index >= 15 is 0 Å². The molecule has 0 amide bonds. The average molecular weight is 212 g/mol. The Hall–Kier alpha value is -1.86. The van der Waals surface area contributed by atoms with Gasteiger partial charge in [-0.25, -0.2) is 0 Å². The molecule has 0 saturated carbocycles. The molecule has 0 atom stereocenters. The third kappa shape index (κ3) is 3.37. The highest BCUT2D eigenvalue weighted by molar-refractivity contribution is 5.52. The number of benzene rings is 1. The Kier molecular flexibility index (Phi) is 3.64. The minimum Gasteiger partial charge on any atom is -0.497 e. The van der Waals surface area contributed by atoms with Crippen LogP contribution in [0.4, 0.5) is 0 Å². The number of ether oxygens (including phenoxy) is 1. The van der Waals surface area contributed by atoms with Crippen LogP contribution >= 0.6 is 0 Å². The molecular formula is C15H16O. The van der Waals surface area contributed by atoms with Gasteiger partial charge in [0.15, 0.2) is 0 Å². The van der Waals surface area contributed by atoms with Gasteiger partial charge in [-0.3, -0.25) is 0 Å². The first-order valence-electron chi connectivity index (χ1n) is 5.14. The van der Waals surface area contributed by atoms with Gasteiger partial charge in [0.05, 0.1) is 7.11 Å². The van der Waals surface area contributed by atoms with Gasteiger partial charge in [-0.2, -0.15) is 0 Å². The number of terminal acetylenes is 1. The normalized spacial score (nSPS) is 9.94. The van der Waals surface area contributed by atoms with Crippen molar-refractivity contribution < 1.29 is 4.74 Å². The molecule has 0 bridgehead atoms. The summed E-state index contributed by atoms with van der Waals surface area (Å²) < 4.78 is 5.11. The molecule has 0 aliphatic rings. The van der Waals surface area contributed by atoms with E-state index < -0.39 is 0 Å². The molecule has 0 aliphatic heterocycles. The van der Waals surface area contributed by atoms with E-state index in [1.807, 2.05) is 18.2 Å². The van der Waals surface area contributed by atoms with E-state index in [9.17, 15) is 0 Å². The van der Waals surface area contributed by atoms with Crippen molar-refractivity contribution in [2.24, 2.45) is 5.41 Å². The third-order valence-electron chi connectivity index (χ3n) is 1.95. The maximum atomic E-state index is 5.44. The molecule has 0 heterocycles. The third-order valence-corrected chi connectivity index (χ3v) is 1.95. The van der Waals surface area contributed by atoms with Gasteiger partial charge in [0.2, 0.25) is 0 Å². The molecule has 1 aromatic rings. The standard InChI is InChI=1S/C15H16O/c1-6-12-11-14(16-5)8-7-13(12)9-10-15(2,3)4/h1,7-8,11H,2-5H3. The largest absolute Gasteiger partial charge is 0.497 e. The number of methoxy groups -OCH3 is 1. The number of hydrogen-bond donors (Lipinski definition) is 0. The van der Waals surface area contributed by atoms with Crippen molar-refractivity contribution >= 4 is 0 Å². The van der Waals surface area contributed by atoms with E-state index in [4.69, 9.17) is 11.2 Å². The Labute approximate surface area is 97.8 Å². The van der Waals surface area contributed by atoms with Crippen molar-refractivity contribution in [3.8, 4) is 29.9 Å². The van der Waals surface area contributed by atoms with Crippen molar-refractivity contribution in [1.29, 1.82) is 0 Å². The highest BCUT2D eigenvalue weighted by Crippen LogP contribution is 2.17. The summed E-state index contributed by atoms with van der Waals surface area (Å²) in [6, 6.07) is 5.59. The first kappa shape index (κ1) is 12.2. The maximum absolute atomic E-state index is 5.44. The fourth-order valence-corrected chi connectivity index (χ4v) is 1.13. The van der Waals surface area contributed by atoms with E-state index in [1.54, 1.807) is 7.11 Å². The smallest absolute Gasteiger partial charge is 0.120 e. The van der Waals surface area contributed by atoms with Crippen LogP contribution in [0.5, 0.6) is 5.75 Å². The zero-order valence-corrected chi connectivity index (χ0v) is 10.2. The van der Waals surface area contributed by atoms with Crippen molar-refractivity contribution in [3.63, 3.8) is 0 Å². The molecule has 0 fully saturated rings. The number of rotatable bonds is 1. The summed E-state index contributed by atoms with van der Waals surface area (Å²) in [5.74, 6) is 9.65. The van der Waals surface area contributed by atoms with E-state index in [-0.39, 0.29) is 5.41 Å². The quantitative estimate of drug-likeness (QED) is 0.650. The average Bonchev–Trinajstić information content (AvgIpc) is 2.25. The second-order valence-corrected chi connectivity index (χ2v) is 4.56. The summed E-state index contributed by atoms with van der Waals surface area (Å²) >= 11 is 0. The molecule has 0 radical (unpaired) electrons. The lowest BCUT2D eigenvalue weighted by molar-refractivity contribution is 0.414. The topological polar surface area (TPSA) is 9.23 Å². The highest BCUT2D eigenvalue weighted by atomic mass is 16.5. The highest BCUT2D eigenvalue weighted by Gasteiger charge is 2.05. The lowest BCUT2D eigenvalue weighted by Crippen LogP contribution is -1.99. The summed E-state index contributed by atoms with van der Waals surface area (Å²) in [5, 5.41) is 0. The van der Waals surface area contributed by atoms with Crippen LogP contribution < -0.4 is 4.74 Å². The molecule has 1 rings (SSSR count). The Morgan fingerprint density at radius 3 is 2.38 bits per heavy atom. The van der Waals surface area contributed by atoms with Crippen molar-refractivity contribution in [2.45, 2.75) is 20.8 Å². The van der Waals surface area contributed by atoms with E-state index in [0.29, 0.717) is 0 Å². The van der Waals surface area contributed by atoms with Gasteiger partial charge in [-0.15, -0.1) is 6.42 Å². The Morgan fingerprint density at radius 2 is 1.88 bits per heavy atom. The van der Waals surface area contributed by atoms with Gasteiger partial charge < -0.3 is 4.74 Å². The van der Waals surface area contributed by atoms with Crippen LogP contribution in [-0.4, -0.2) is 7.11 Å². The summed E-state index contributed by atoms with van der Waals surface area (Å²) in [6.07, 6.45) is 5.44. The molecule has 0 aliphatic carbocycles. The molecular weight excluding hydrogens is 196 g/mol. The van der Waals surface area contributed by atoms with Gasteiger partial charge in [0.1, 0.15) is 5.75 Å². The SMILES string of the molecule is C#Cc1cc(OC)ccc1C#CC(C)(C)C. The van der Waals surface area contributed by atoms with Crippen molar-refractivity contribution in [1.82, 2.24) is 0 Å². The van der Waals surface area contributed by atoms with Gasteiger partial charge in [-0.05, 0) is 39.0 Å². The van der Waals surface area contributed by atoms with Gasteiger partial charge in [0, 0.05) is 16.5 Å². The molecule has 0 saturated heterocycles. The zero-order valence-electron chi connectivity index (χ0n) is 10.2. The lowest BCUT2D eigenvalue weighted by Gasteiger charge is -2.07. The fraction of sp³-hybridized carbons (Fsp3) is 0.333. The molecule has 1 aromatic carbocycles. The van der Waals surface area contributed by atoms with Crippen LogP contribution in [-0.2, 0) is 0 Å². The molecule has 82 valence electrons. The fourth-order valence-electron chi connectivity index (χ4n) is 1.13. The van der Waals surface area contributed by atoms with Crippen LogP contribution in [0.15, 0.2) is 18.2 Å². The minimum atomic E-state index is -0.0220. The monoisotopic (exact) mass is 212 g/mol. The van der Waals surface area contributed by atoms with Crippen LogP contribution in [0.3, 0.4) is 0 Å². The summed E-state index contributed by atoms with van der Waals surface area (Å²) in [6.45, 7) is 6.21. The molecule has 1 nitrogen and oxygen atoms in total. The molecule has 0 N–H and O–H groups in total. The van der Waals surface area contributed by atoms with Crippen LogP contribution in [0.1, 0.15) is 31.9 Å². The minimum absolute atomic E-state index is 0.0220. The number of hydrogen-bond acceptors (Lipinski definition) is 1. The molecule has 0 aromatic heterocycles. The second-order valence-electron chi connectivity index (χ2n) is 4.56. The zero-order chi connectivity index (χ0) is 12.2. The van der Waals surface area contributed by atoms with E-state index in [2.05, 4.69) is 38.5 Å². The van der Waals surface area contributed by atoms with Crippen LogP contribution in [0.2, 0.25) is 0 Å².